The third-order valence-corrected chi connectivity index (χ3v) is 3.93. The Bertz CT molecular complexity index is 815. The fourth-order valence-corrected chi connectivity index (χ4v) is 2.56. The zero-order chi connectivity index (χ0) is 15.5. The van der Waals surface area contributed by atoms with E-state index in [0.29, 0.717) is 10.7 Å². The van der Waals surface area contributed by atoms with Crippen LogP contribution in [-0.2, 0) is 10.0 Å². The summed E-state index contributed by atoms with van der Waals surface area (Å²) in [4.78, 5) is 10.3. The summed E-state index contributed by atoms with van der Waals surface area (Å²) in [6.45, 7) is 1.62. The number of anilines is 1. The molecule has 0 saturated heterocycles. The number of nitrogens with one attached hydrogen (secondary N) is 1. The molecule has 21 heavy (non-hydrogen) atoms. The van der Waals surface area contributed by atoms with Crippen LogP contribution in [0.5, 0.6) is 0 Å². The van der Waals surface area contributed by atoms with Gasteiger partial charge >= 0.3 is 0 Å². The number of benzene rings is 1. The van der Waals surface area contributed by atoms with Crippen LogP contribution in [0.2, 0.25) is 5.02 Å². The minimum atomic E-state index is -3.85. The first-order valence-electron chi connectivity index (χ1n) is 5.60. The van der Waals surface area contributed by atoms with E-state index in [1.165, 1.54) is 30.3 Å². The smallest absolute Gasteiger partial charge is 0.247 e. The van der Waals surface area contributed by atoms with Crippen LogP contribution in [0.3, 0.4) is 0 Å². The largest absolute Gasteiger partial charge is 0.264 e. The average Bonchev–Trinajstić information content (AvgIpc) is 2.38. The molecule has 0 radical (unpaired) electrons. The highest BCUT2D eigenvalue weighted by Crippen LogP contribution is 2.18. The second kappa shape index (κ2) is 5.96. The average molecular weight is 325 g/mol. The third-order valence-electron chi connectivity index (χ3n) is 2.34. The minimum Gasteiger partial charge on any atom is -0.247 e. The van der Waals surface area contributed by atoms with Crippen LogP contribution in [0.25, 0.3) is 10.4 Å². The molecule has 2 rings (SSSR count). The summed E-state index contributed by atoms with van der Waals surface area (Å²) < 4.78 is 26.5. The van der Waals surface area contributed by atoms with Gasteiger partial charge in [-0.3, -0.25) is 0 Å². The van der Waals surface area contributed by atoms with Crippen LogP contribution in [0.4, 0.5) is 11.8 Å². The van der Waals surface area contributed by atoms with Gasteiger partial charge in [0.1, 0.15) is 5.82 Å². The molecule has 0 aliphatic heterocycles. The Morgan fingerprint density at radius 2 is 1.95 bits per heavy atom. The molecule has 0 amide bonds. The van der Waals surface area contributed by atoms with Crippen molar-refractivity contribution in [3.63, 3.8) is 0 Å². The molecule has 1 aromatic heterocycles. The second-order valence-electron chi connectivity index (χ2n) is 3.94. The van der Waals surface area contributed by atoms with E-state index in [-0.39, 0.29) is 16.7 Å². The first-order valence-corrected chi connectivity index (χ1v) is 7.46. The van der Waals surface area contributed by atoms with Crippen LogP contribution in [0, 0.1) is 6.92 Å². The van der Waals surface area contributed by atoms with Crippen molar-refractivity contribution in [3.05, 3.63) is 51.5 Å². The van der Waals surface area contributed by atoms with Crippen LogP contribution in [0.1, 0.15) is 5.69 Å². The molecular weight excluding hydrogens is 316 g/mol. The van der Waals surface area contributed by atoms with Gasteiger partial charge in [-0.25, -0.2) is 23.1 Å². The third kappa shape index (κ3) is 3.82. The first kappa shape index (κ1) is 15.0. The van der Waals surface area contributed by atoms with Gasteiger partial charge in [0.2, 0.25) is 5.95 Å². The summed E-state index contributed by atoms with van der Waals surface area (Å²) in [5, 5.41) is 3.74. The fourth-order valence-electron chi connectivity index (χ4n) is 1.49. The molecule has 108 valence electrons. The molecule has 2 aromatic rings. The summed E-state index contributed by atoms with van der Waals surface area (Å²) in [5.74, 6) is -0.147. The van der Waals surface area contributed by atoms with E-state index >= 15 is 0 Å². The predicted molar refractivity (Wildman–Crippen MR) is 77.8 cm³/mol. The molecule has 0 saturated carbocycles. The SMILES string of the molecule is Cc1cc(N=[N+]=[N-])nc(NS(=O)(=O)c2ccc(Cl)cc2)n1. The summed E-state index contributed by atoms with van der Waals surface area (Å²) in [6, 6.07) is 7.06. The number of hydrogen-bond acceptors (Lipinski definition) is 5. The summed E-state index contributed by atoms with van der Waals surface area (Å²) >= 11 is 5.71. The molecule has 0 fully saturated rings. The number of rotatable bonds is 4. The van der Waals surface area contributed by atoms with Crippen molar-refractivity contribution in [3.8, 4) is 0 Å². The lowest BCUT2D eigenvalue weighted by Gasteiger charge is -2.07. The molecule has 1 N–H and O–H groups in total. The summed E-state index contributed by atoms with van der Waals surface area (Å²) in [7, 11) is -3.85. The molecule has 1 heterocycles. The zero-order valence-corrected chi connectivity index (χ0v) is 12.3. The van der Waals surface area contributed by atoms with Gasteiger partial charge in [-0.05, 0) is 47.9 Å². The predicted octanol–water partition coefficient (Wildman–Crippen LogP) is 3.18. The Labute approximate surface area is 125 Å². The van der Waals surface area contributed by atoms with Crippen molar-refractivity contribution in [2.45, 2.75) is 11.8 Å². The van der Waals surface area contributed by atoms with Crippen molar-refractivity contribution >= 4 is 33.4 Å². The van der Waals surface area contributed by atoms with E-state index < -0.39 is 10.0 Å². The van der Waals surface area contributed by atoms with Crippen molar-refractivity contribution in [2.75, 3.05) is 4.72 Å². The van der Waals surface area contributed by atoms with E-state index in [9.17, 15) is 8.42 Å². The number of halogens is 1. The van der Waals surface area contributed by atoms with E-state index in [0.717, 1.165) is 0 Å². The number of hydrogen-bond donors (Lipinski definition) is 1. The van der Waals surface area contributed by atoms with Crippen LogP contribution in [0.15, 0.2) is 40.3 Å². The van der Waals surface area contributed by atoms with E-state index in [4.69, 9.17) is 17.1 Å². The molecule has 1 aromatic carbocycles. The number of azide groups is 1. The number of nitrogens with zero attached hydrogens (tertiary/aromatic N) is 5. The second-order valence-corrected chi connectivity index (χ2v) is 6.06. The van der Waals surface area contributed by atoms with Crippen molar-refractivity contribution in [1.29, 1.82) is 0 Å². The molecule has 0 aliphatic carbocycles. The molecule has 0 spiro atoms. The van der Waals surface area contributed by atoms with Gasteiger partial charge in [0.05, 0.1) is 4.90 Å². The summed E-state index contributed by atoms with van der Waals surface area (Å²) in [5.41, 5.74) is 8.84. The highest BCUT2D eigenvalue weighted by Gasteiger charge is 2.16. The Kier molecular flexibility index (Phi) is 4.27. The molecule has 0 unspecified atom stereocenters. The Morgan fingerprint density at radius 3 is 2.57 bits per heavy atom. The maximum Gasteiger partial charge on any atom is 0.264 e. The first-order chi connectivity index (χ1) is 9.90. The molecule has 10 heteroatoms. The Morgan fingerprint density at radius 1 is 1.29 bits per heavy atom. The van der Waals surface area contributed by atoms with Gasteiger partial charge in [0, 0.05) is 15.6 Å². The molecule has 0 bridgehead atoms. The van der Waals surface area contributed by atoms with E-state index in [1.54, 1.807) is 6.92 Å². The number of aryl methyl sites for hydroxylation is 1. The quantitative estimate of drug-likeness (QED) is 0.527. The van der Waals surface area contributed by atoms with Gasteiger partial charge < -0.3 is 0 Å². The van der Waals surface area contributed by atoms with Gasteiger partial charge in [0.15, 0.2) is 0 Å². The fraction of sp³-hybridized carbons (Fsp3) is 0.0909. The van der Waals surface area contributed by atoms with Crippen LogP contribution < -0.4 is 4.72 Å². The van der Waals surface area contributed by atoms with Crippen LogP contribution >= 0.6 is 11.6 Å². The monoisotopic (exact) mass is 324 g/mol. The highest BCUT2D eigenvalue weighted by molar-refractivity contribution is 7.92. The van der Waals surface area contributed by atoms with Gasteiger partial charge in [-0.1, -0.05) is 11.6 Å². The maximum absolute atomic E-state index is 12.2. The molecule has 8 nitrogen and oxygen atoms in total. The molecule has 0 atom stereocenters. The zero-order valence-electron chi connectivity index (χ0n) is 10.7. The lowest BCUT2D eigenvalue weighted by atomic mass is 10.4. The van der Waals surface area contributed by atoms with Gasteiger partial charge in [-0.2, -0.15) is 0 Å². The van der Waals surface area contributed by atoms with E-state index in [2.05, 4.69) is 24.7 Å². The van der Waals surface area contributed by atoms with Gasteiger partial charge in [0.25, 0.3) is 10.0 Å². The summed E-state index contributed by atoms with van der Waals surface area (Å²) in [6.07, 6.45) is 0. The highest BCUT2D eigenvalue weighted by atomic mass is 35.5. The number of aromatic nitrogens is 2. The molecule has 0 aliphatic rings. The lowest BCUT2D eigenvalue weighted by molar-refractivity contribution is 0.601. The molecular formula is C11H9ClN6O2S. The van der Waals surface area contributed by atoms with E-state index in [1.807, 2.05) is 0 Å². The Balaban J connectivity index is 2.36. The van der Waals surface area contributed by atoms with Crippen molar-refractivity contribution < 1.29 is 8.42 Å². The van der Waals surface area contributed by atoms with Gasteiger partial charge in [-0.15, -0.1) is 0 Å². The maximum atomic E-state index is 12.2. The van der Waals surface area contributed by atoms with Crippen LogP contribution in [-0.4, -0.2) is 18.4 Å². The Hall–Kier alpha value is -2.35. The minimum absolute atomic E-state index is 0.0161. The van der Waals surface area contributed by atoms with Crippen molar-refractivity contribution in [1.82, 2.24) is 9.97 Å². The topological polar surface area (TPSA) is 121 Å². The van der Waals surface area contributed by atoms with Crippen molar-refractivity contribution in [2.24, 2.45) is 5.11 Å². The number of sulfonamides is 1. The normalized spacial score (nSPS) is 10.8. The lowest BCUT2D eigenvalue weighted by Crippen LogP contribution is -2.15. The standard InChI is InChI=1S/C11H9ClN6O2S/c1-7-6-10(16-18-13)15-11(14-7)17-21(19,20)9-4-2-8(12)3-5-9/h2-6H,1H3,(H,14,15,17).